The van der Waals surface area contributed by atoms with Crippen molar-refractivity contribution in [3.05, 3.63) is 88.4 Å². The molecule has 0 saturated carbocycles. The summed E-state index contributed by atoms with van der Waals surface area (Å²) in [7, 11) is 0. The van der Waals surface area contributed by atoms with Crippen molar-refractivity contribution in [2.24, 2.45) is 0 Å². The number of hydrogen-bond acceptors (Lipinski definition) is 4. The molecule has 0 aliphatic rings. The Bertz CT molecular complexity index is 1080. The first-order valence-corrected chi connectivity index (χ1v) is 9.21. The lowest BCUT2D eigenvalue weighted by molar-refractivity contribution is 1.10. The number of nitrogens with zero attached hydrogens (tertiary/aromatic N) is 2. The van der Waals surface area contributed by atoms with E-state index in [-0.39, 0.29) is 0 Å². The van der Waals surface area contributed by atoms with Gasteiger partial charge < -0.3 is 10.6 Å². The number of para-hydroxylation sites is 1. The minimum atomic E-state index is 0.509. The topological polar surface area (TPSA) is 49.8 Å². The Labute approximate surface area is 167 Å². The molecule has 0 aliphatic carbocycles. The molecule has 1 heterocycles. The highest BCUT2D eigenvalue weighted by atomic mass is 35.5. The van der Waals surface area contributed by atoms with Crippen LogP contribution in [0.1, 0.15) is 5.56 Å². The van der Waals surface area contributed by atoms with Crippen molar-refractivity contribution in [3.63, 3.8) is 0 Å². The average Bonchev–Trinajstić information content (AvgIpc) is 2.67. The van der Waals surface area contributed by atoms with Crippen LogP contribution in [0, 0.1) is 0 Å². The number of halogens is 2. The van der Waals surface area contributed by atoms with Crippen LogP contribution in [0.3, 0.4) is 0 Å². The van der Waals surface area contributed by atoms with Crippen molar-refractivity contribution in [3.8, 4) is 0 Å². The van der Waals surface area contributed by atoms with Crippen LogP contribution in [-0.2, 0) is 6.54 Å². The Morgan fingerprint density at radius 1 is 0.778 bits per heavy atom. The lowest BCUT2D eigenvalue weighted by Crippen LogP contribution is -2.05. The predicted octanol–water partition coefficient (Wildman–Crippen LogP) is 6.29. The van der Waals surface area contributed by atoms with Gasteiger partial charge in [-0.2, -0.15) is 4.98 Å². The van der Waals surface area contributed by atoms with Crippen molar-refractivity contribution in [1.82, 2.24) is 9.97 Å². The highest BCUT2D eigenvalue weighted by Crippen LogP contribution is 2.25. The summed E-state index contributed by atoms with van der Waals surface area (Å²) < 4.78 is 0. The van der Waals surface area contributed by atoms with E-state index in [4.69, 9.17) is 23.2 Å². The largest absolute Gasteiger partial charge is 0.365 e. The quantitative estimate of drug-likeness (QED) is 0.417. The van der Waals surface area contributed by atoms with E-state index < -0.39 is 0 Å². The van der Waals surface area contributed by atoms with E-state index in [1.54, 1.807) is 0 Å². The van der Waals surface area contributed by atoms with Gasteiger partial charge in [0.05, 0.1) is 5.52 Å². The molecule has 0 radical (unpaired) electrons. The molecule has 4 nitrogen and oxygen atoms in total. The van der Waals surface area contributed by atoms with Gasteiger partial charge in [0.1, 0.15) is 5.82 Å². The molecule has 27 heavy (non-hydrogen) atoms. The molecule has 0 bridgehead atoms. The average molecular weight is 395 g/mol. The maximum absolute atomic E-state index is 6.06. The van der Waals surface area contributed by atoms with Crippen LogP contribution in [0.25, 0.3) is 10.9 Å². The van der Waals surface area contributed by atoms with Gasteiger partial charge in [0.15, 0.2) is 0 Å². The minimum absolute atomic E-state index is 0.509. The molecule has 0 unspecified atom stereocenters. The molecule has 0 fully saturated rings. The Balaban J connectivity index is 1.64. The molecule has 1 aromatic heterocycles. The monoisotopic (exact) mass is 394 g/mol. The molecule has 0 amide bonds. The van der Waals surface area contributed by atoms with Crippen molar-refractivity contribution in [1.29, 1.82) is 0 Å². The second-order valence-electron chi connectivity index (χ2n) is 6.03. The highest BCUT2D eigenvalue weighted by molar-refractivity contribution is 6.31. The summed E-state index contributed by atoms with van der Waals surface area (Å²) in [6.45, 7) is 0.634. The third-order valence-corrected chi connectivity index (χ3v) is 4.54. The molecule has 0 aliphatic heterocycles. The second kappa shape index (κ2) is 7.82. The molecule has 4 aromatic rings. The van der Waals surface area contributed by atoms with Gasteiger partial charge in [-0.05, 0) is 48.0 Å². The molecule has 134 valence electrons. The van der Waals surface area contributed by atoms with Crippen LogP contribution in [0.15, 0.2) is 72.8 Å². The van der Waals surface area contributed by atoms with Gasteiger partial charge in [0.25, 0.3) is 0 Å². The second-order valence-corrected chi connectivity index (χ2v) is 6.90. The number of fused-ring (bicyclic) bond motifs is 1. The number of nitrogens with one attached hydrogen (secondary N) is 2. The number of hydrogen-bond donors (Lipinski definition) is 2. The first kappa shape index (κ1) is 17.6. The van der Waals surface area contributed by atoms with E-state index >= 15 is 0 Å². The summed E-state index contributed by atoms with van der Waals surface area (Å²) in [6.07, 6.45) is 0. The fourth-order valence-corrected chi connectivity index (χ4v) is 3.07. The Kier molecular flexibility index (Phi) is 5.10. The zero-order valence-corrected chi connectivity index (χ0v) is 15.8. The third kappa shape index (κ3) is 4.30. The zero-order valence-electron chi connectivity index (χ0n) is 14.3. The lowest BCUT2D eigenvalue weighted by Gasteiger charge is -2.12. The minimum Gasteiger partial charge on any atom is -0.365 e. The van der Waals surface area contributed by atoms with E-state index in [2.05, 4.69) is 20.6 Å². The summed E-state index contributed by atoms with van der Waals surface area (Å²) in [5.41, 5.74) is 2.81. The van der Waals surface area contributed by atoms with Crippen LogP contribution in [0.2, 0.25) is 10.0 Å². The van der Waals surface area contributed by atoms with Gasteiger partial charge in [-0.25, -0.2) is 4.98 Å². The van der Waals surface area contributed by atoms with Crippen molar-refractivity contribution in [2.45, 2.75) is 6.54 Å². The fourth-order valence-electron chi connectivity index (χ4n) is 2.75. The first-order valence-electron chi connectivity index (χ1n) is 8.45. The molecule has 0 saturated heterocycles. The summed E-state index contributed by atoms with van der Waals surface area (Å²) in [5.74, 6) is 1.27. The molecule has 0 spiro atoms. The van der Waals surface area contributed by atoms with Gasteiger partial charge in [-0.3, -0.25) is 0 Å². The molecule has 3 aromatic carbocycles. The lowest BCUT2D eigenvalue weighted by atomic mass is 10.2. The maximum Gasteiger partial charge on any atom is 0.229 e. The smallest absolute Gasteiger partial charge is 0.229 e. The van der Waals surface area contributed by atoms with E-state index in [9.17, 15) is 0 Å². The third-order valence-electron chi connectivity index (χ3n) is 4.06. The number of rotatable bonds is 5. The molecule has 0 atom stereocenters. The number of aromatic nitrogens is 2. The van der Waals surface area contributed by atoms with Gasteiger partial charge >= 0.3 is 0 Å². The predicted molar refractivity (Wildman–Crippen MR) is 113 cm³/mol. The zero-order chi connectivity index (χ0) is 18.6. The summed E-state index contributed by atoms with van der Waals surface area (Å²) in [4.78, 5) is 9.26. The van der Waals surface area contributed by atoms with E-state index in [0.717, 1.165) is 33.0 Å². The Hall–Kier alpha value is -2.82. The first-order chi connectivity index (χ1) is 13.2. The highest BCUT2D eigenvalue weighted by Gasteiger charge is 2.08. The van der Waals surface area contributed by atoms with Crippen LogP contribution in [-0.4, -0.2) is 9.97 Å². The Morgan fingerprint density at radius 2 is 1.59 bits per heavy atom. The SMILES string of the molecule is Clc1ccc(CNc2nc(Nc3cccc(Cl)c3)nc3ccccc23)cc1. The molecule has 2 N–H and O–H groups in total. The summed E-state index contributed by atoms with van der Waals surface area (Å²) in [6, 6.07) is 23.1. The van der Waals surface area contributed by atoms with Crippen molar-refractivity contribution in [2.75, 3.05) is 10.6 Å². The maximum atomic E-state index is 6.06. The Morgan fingerprint density at radius 3 is 2.41 bits per heavy atom. The number of benzene rings is 3. The van der Waals surface area contributed by atoms with Crippen molar-refractivity contribution >= 4 is 51.6 Å². The van der Waals surface area contributed by atoms with Gasteiger partial charge in [0.2, 0.25) is 5.95 Å². The molecule has 6 heteroatoms. The standard InChI is InChI=1S/C21H16Cl2N4/c22-15-10-8-14(9-11-15)13-24-20-18-6-1-2-7-19(18)26-21(27-20)25-17-5-3-4-16(23)12-17/h1-12H,13H2,(H2,24,25,26,27). The van der Waals surface area contributed by atoms with E-state index in [0.29, 0.717) is 17.5 Å². The van der Waals surface area contributed by atoms with Crippen molar-refractivity contribution < 1.29 is 0 Å². The summed E-state index contributed by atoms with van der Waals surface area (Å²) in [5, 5.41) is 8.96. The molecular formula is C21H16Cl2N4. The molecule has 4 rings (SSSR count). The van der Waals surface area contributed by atoms with Crippen LogP contribution < -0.4 is 10.6 Å². The van der Waals surface area contributed by atoms with Gasteiger partial charge in [0, 0.05) is 27.7 Å². The van der Waals surface area contributed by atoms with Crippen LogP contribution in [0.5, 0.6) is 0 Å². The van der Waals surface area contributed by atoms with Gasteiger partial charge in [-0.15, -0.1) is 0 Å². The van der Waals surface area contributed by atoms with E-state index in [1.807, 2.05) is 72.8 Å². The normalized spacial score (nSPS) is 10.7. The summed E-state index contributed by atoms with van der Waals surface area (Å²) >= 11 is 12.0. The molecular weight excluding hydrogens is 379 g/mol. The van der Waals surface area contributed by atoms with Gasteiger partial charge in [-0.1, -0.05) is 53.5 Å². The van der Waals surface area contributed by atoms with Crippen LogP contribution in [0.4, 0.5) is 17.5 Å². The van der Waals surface area contributed by atoms with Crippen LogP contribution >= 0.6 is 23.2 Å². The number of anilines is 3. The van der Waals surface area contributed by atoms with E-state index in [1.165, 1.54) is 0 Å². The fraction of sp³-hybridized carbons (Fsp3) is 0.0476.